The van der Waals surface area contributed by atoms with E-state index in [1.807, 2.05) is 13.8 Å². The van der Waals surface area contributed by atoms with Gasteiger partial charge in [-0.15, -0.1) is 0 Å². The normalized spacial score (nSPS) is 12.1. The molecule has 0 atom stereocenters. The van der Waals surface area contributed by atoms with Gasteiger partial charge in [0.1, 0.15) is 11.6 Å². The lowest BCUT2D eigenvalue weighted by molar-refractivity contribution is -0.0498. The molecule has 0 saturated heterocycles. The third-order valence-electron chi connectivity index (χ3n) is 1.98. The van der Waals surface area contributed by atoms with E-state index >= 15 is 0 Å². The molecule has 17 heavy (non-hydrogen) atoms. The third kappa shape index (κ3) is 4.38. The Labute approximate surface area is 99.5 Å². The first-order valence-electron chi connectivity index (χ1n) is 5.33. The van der Waals surface area contributed by atoms with Gasteiger partial charge in [0, 0.05) is 18.7 Å². The van der Waals surface area contributed by atoms with Gasteiger partial charge in [0.05, 0.1) is 0 Å². The van der Waals surface area contributed by atoms with Gasteiger partial charge in [0.25, 0.3) is 0 Å². The van der Waals surface area contributed by atoms with Crippen LogP contribution in [0, 0.1) is 0 Å². The number of halogens is 2. The number of aliphatic imine (C=N–C) groups is 1. The Balaban J connectivity index is 2.85. The van der Waals surface area contributed by atoms with Crippen molar-refractivity contribution >= 4 is 5.84 Å². The number of nitrogens with one attached hydrogen (secondary N) is 1. The second-order valence-electron chi connectivity index (χ2n) is 3.72. The van der Waals surface area contributed by atoms with Crippen LogP contribution in [0.2, 0.25) is 0 Å². The Hall–Kier alpha value is -1.65. The van der Waals surface area contributed by atoms with E-state index in [9.17, 15) is 8.78 Å². The number of benzene rings is 1. The van der Waals surface area contributed by atoms with Crippen molar-refractivity contribution in [1.29, 1.82) is 0 Å². The number of nitrogens with zero attached hydrogens (tertiary/aromatic N) is 1. The molecule has 0 aliphatic rings. The maximum atomic E-state index is 12.0. The predicted octanol–water partition coefficient (Wildman–Crippen LogP) is 2.66. The molecule has 1 aromatic carbocycles. The highest BCUT2D eigenvalue weighted by atomic mass is 19.3. The summed E-state index contributed by atoms with van der Waals surface area (Å²) >= 11 is 0. The molecule has 1 rings (SSSR count). The van der Waals surface area contributed by atoms with Crippen molar-refractivity contribution in [3.8, 4) is 5.75 Å². The van der Waals surface area contributed by atoms with Crippen molar-refractivity contribution in [3.63, 3.8) is 0 Å². The van der Waals surface area contributed by atoms with Crippen LogP contribution in [0.1, 0.15) is 19.4 Å². The van der Waals surface area contributed by atoms with Crippen molar-refractivity contribution in [3.05, 3.63) is 29.8 Å². The highest BCUT2D eigenvalue weighted by Crippen LogP contribution is 2.15. The molecule has 1 aromatic rings. The number of amidine groups is 1. The number of ether oxygens (including phenoxy) is 1. The molecule has 0 heterocycles. The van der Waals surface area contributed by atoms with E-state index in [1.54, 1.807) is 19.2 Å². The van der Waals surface area contributed by atoms with Crippen molar-refractivity contribution in [1.82, 2.24) is 5.32 Å². The zero-order valence-corrected chi connectivity index (χ0v) is 10.1. The average molecular weight is 242 g/mol. The Morgan fingerprint density at radius 3 is 2.24 bits per heavy atom. The largest absolute Gasteiger partial charge is 0.435 e. The summed E-state index contributed by atoms with van der Waals surface area (Å²) in [7, 11) is 1.77. The van der Waals surface area contributed by atoms with Crippen LogP contribution in [-0.4, -0.2) is 25.5 Å². The lowest BCUT2D eigenvalue weighted by atomic mass is 10.2. The monoisotopic (exact) mass is 242 g/mol. The zero-order valence-electron chi connectivity index (χ0n) is 10.1. The third-order valence-corrected chi connectivity index (χ3v) is 1.98. The molecule has 5 heteroatoms. The fourth-order valence-corrected chi connectivity index (χ4v) is 1.34. The van der Waals surface area contributed by atoms with Crippen molar-refractivity contribution in [2.24, 2.45) is 4.99 Å². The Kier molecular flexibility index (Phi) is 4.87. The molecule has 0 radical (unpaired) electrons. The van der Waals surface area contributed by atoms with E-state index in [2.05, 4.69) is 15.0 Å². The van der Waals surface area contributed by atoms with Crippen molar-refractivity contribution in [2.75, 3.05) is 7.05 Å². The molecule has 0 aliphatic carbocycles. The maximum Gasteiger partial charge on any atom is 0.387 e. The van der Waals surface area contributed by atoms with Crippen LogP contribution in [0.4, 0.5) is 8.78 Å². The van der Waals surface area contributed by atoms with E-state index in [1.165, 1.54) is 12.1 Å². The lowest BCUT2D eigenvalue weighted by Crippen LogP contribution is -2.21. The van der Waals surface area contributed by atoms with Gasteiger partial charge in [-0.25, -0.2) is 0 Å². The van der Waals surface area contributed by atoms with Crippen LogP contribution >= 0.6 is 0 Å². The zero-order chi connectivity index (χ0) is 12.8. The fourth-order valence-electron chi connectivity index (χ4n) is 1.34. The van der Waals surface area contributed by atoms with Crippen LogP contribution in [0.5, 0.6) is 5.75 Å². The summed E-state index contributed by atoms with van der Waals surface area (Å²) in [6.45, 7) is 1.13. The van der Waals surface area contributed by atoms with Gasteiger partial charge in [-0.1, -0.05) is 0 Å². The molecule has 0 aromatic heterocycles. The Morgan fingerprint density at radius 2 is 1.82 bits per heavy atom. The second kappa shape index (κ2) is 6.18. The van der Waals surface area contributed by atoms with Gasteiger partial charge in [-0.3, -0.25) is 4.99 Å². The number of hydrogen-bond donors (Lipinski definition) is 1. The first-order chi connectivity index (χ1) is 8.02. The van der Waals surface area contributed by atoms with Crippen LogP contribution in [0.15, 0.2) is 29.3 Å². The summed E-state index contributed by atoms with van der Waals surface area (Å²) in [5, 5.41) is 2.97. The van der Waals surface area contributed by atoms with E-state index in [0.717, 1.165) is 11.4 Å². The summed E-state index contributed by atoms with van der Waals surface area (Å²) in [4.78, 5) is 4.37. The Bertz CT molecular complexity index is 375. The summed E-state index contributed by atoms with van der Waals surface area (Å²) in [6.07, 6.45) is 0. The molecule has 0 spiro atoms. The fraction of sp³-hybridized carbons (Fsp3) is 0.417. The van der Waals surface area contributed by atoms with Gasteiger partial charge < -0.3 is 10.1 Å². The highest BCUT2D eigenvalue weighted by molar-refractivity contribution is 5.98. The molecule has 1 N–H and O–H groups in total. The molecule has 0 unspecified atom stereocenters. The SMILES string of the molecule is CN/C(=N\C(C)C)c1ccc(OC(F)F)cc1. The standard InChI is InChI=1S/C12H16F2N2O/c1-8(2)16-11(15-3)9-4-6-10(7-5-9)17-12(13)14/h4-8,12H,1-3H3,(H,15,16). The number of alkyl halides is 2. The average Bonchev–Trinajstić information content (AvgIpc) is 2.26. The summed E-state index contributed by atoms with van der Waals surface area (Å²) in [6, 6.07) is 6.53. The number of hydrogen-bond acceptors (Lipinski definition) is 2. The van der Waals surface area contributed by atoms with Gasteiger partial charge in [-0.2, -0.15) is 8.78 Å². The van der Waals surface area contributed by atoms with Gasteiger partial charge >= 0.3 is 6.61 Å². The van der Waals surface area contributed by atoms with E-state index in [0.29, 0.717) is 0 Å². The van der Waals surface area contributed by atoms with Crippen molar-refractivity contribution < 1.29 is 13.5 Å². The second-order valence-corrected chi connectivity index (χ2v) is 3.72. The van der Waals surface area contributed by atoms with Crippen LogP contribution in [0.3, 0.4) is 0 Å². The number of rotatable bonds is 4. The quantitative estimate of drug-likeness (QED) is 0.650. The molecule has 0 aliphatic heterocycles. The maximum absolute atomic E-state index is 12.0. The molecule has 0 saturated carbocycles. The molecular weight excluding hydrogens is 226 g/mol. The van der Waals surface area contributed by atoms with Gasteiger partial charge in [0.15, 0.2) is 0 Å². The van der Waals surface area contributed by atoms with Gasteiger partial charge in [0.2, 0.25) is 0 Å². The van der Waals surface area contributed by atoms with Crippen LogP contribution in [0.25, 0.3) is 0 Å². The van der Waals surface area contributed by atoms with Crippen LogP contribution in [-0.2, 0) is 0 Å². The summed E-state index contributed by atoms with van der Waals surface area (Å²) < 4.78 is 28.2. The molecule has 94 valence electrons. The van der Waals surface area contributed by atoms with Gasteiger partial charge in [-0.05, 0) is 38.1 Å². The molecular formula is C12H16F2N2O. The van der Waals surface area contributed by atoms with E-state index in [-0.39, 0.29) is 11.8 Å². The van der Waals surface area contributed by atoms with E-state index < -0.39 is 6.61 Å². The minimum absolute atomic E-state index is 0.142. The summed E-state index contributed by atoms with van der Waals surface area (Å²) in [5.41, 5.74) is 0.836. The smallest absolute Gasteiger partial charge is 0.387 e. The van der Waals surface area contributed by atoms with E-state index in [4.69, 9.17) is 0 Å². The lowest BCUT2D eigenvalue weighted by Gasteiger charge is -2.09. The molecule has 0 amide bonds. The summed E-state index contributed by atoms with van der Waals surface area (Å²) in [5.74, 6) is 0.868. The minimum Gasteiger partial charge on any atom is -0.435 e. The van der Waals surface area contributed by atoms with Crippen LogP contribution < -0.4 is 10.1 Å². The first-order valence-corrected chi connectivity index (χ1v) is 5.33. The molecule has 0 bridgehead atoms. The first kappa shape index (κ1) is 13.4. The predicted molar refractivity (Wildman–Crippen MR) is 63.8 cm³/mol. The topological polar surface area (TPSA) is 33.6 Å². The minimum atomic E-state index is -2.80. The molecule has 3 nitrogen and oxygen atoms in total. The Morgan fingerprint density at radius 1 is 1.24 bits per heavy atom. The molecule has 0 fully saturated rings. The van der Waals surface area contributed by atoms with Crippen molar-refractivity contribution in [2.45, 2.75) is 26.5 Å². The highest BCUT2D eigenvalue weighted by Gasteiger charge is 2.06.